The summed E-state index contributed by atoms with van der Waals surface area (Å²) in [5.41, 5.74) is 3.45. The van der Waals surface area contributed by atoms with Gasteiger partial charge in [-0.15, -0.1) is 0 Å². The zero-order valence-corrected chi connectivity index (χ0v) is 10.7. The minimum atomic E-state index is 0.489. The first-order valence-corrected chi connectivity index (χ1v) is 6.79. The normalized spacial score (nSPS) is 23.6. The molecule has 1 saturated heterocycles. The van der Waals surface area contributed by atoms with Crippen LogP contribution in [0.3, 0.4) is 0 Å². The fourth-order valence-electron chi connectivity index (χ4n) is 2.96. The molecule has 3 rings (SSSR count). The van der Waals surface area contributed by atoms with E-state index in [1.165, 1.54) is 38.0 Å². The summed E-state index contributed by atoms with van der Waals surface area (Å²) >= 11 is 0. The van der Waals surface area contributed by atoms with Crippen LogP contribution >= 0.6 is 0 Å². The second-order valence-corrected chi connectivity index (χ2v) is 5.68. The van der Waals surface area contributed by atoms with Crippen molar-refractivity contribution in [1.82, 2.24) is 10.2 Å². The third-order valence-corrected chi connectivity index (χ3v) is 4.22. The van der Waals surface area contributed by atoms with Gasteiger partial charge in [0.15, 0.2) is 0 Å². The molecule has 1 aliphatic heterocycles. The highest BCUT2D eigenvalue weighted by Crippen LogP contribution is 2.48. The number of nitrogens with zero attached hydrogens (tertiary/aromatic N) is 1. The lowest BCUT2D eigenvalue weighted by Gasteiger charge is -2.31. The predicted octanol–water partition coefficient (Wildman–Crippen LogP) is 1.93. The monoisotopic (exact) mass is 230 g/mol. The molecule has 0 unspecified atom stereocenters. The van der Waals surface area contributed by atoms with Crippen molar-refractivity contribution in [3.8, 4) is 0 Å². The Labute approximate surface area is 104 Å². The summed E-state index contributed by atoms with van der Waals surface area (Å²) in [4.78, 5) is 2.63. The van der Waals surface area contributed by atoms with Crippen LogP contribution in [0.2, 0.25) is 0 Å². The molecule has 2 nitrogen and oxygen atoms in total. The van der Waals surface area contributed by atoms with Gasteiger partial charge in [-0.05, 0) is 25.3 Å². The summed E-state index contributed by atoms with van der Waals surface area (Å²) in [7, 11) is 0. The van der Waals surface area contributed by atoms with Crippen LogP contribution in [0.1, 0.15) is 24.0 Å². The molecule has 2 heteroatoms. The van der Waals surface area contributed by atoms with Gasteiger partial charge in [0.25, 0.3) is 0 Å². The molecule has 0 radical (unpaired) electrons. The summed E-state index contributed by atoms with van der Waals surface area (Å²) < 4.78 is 0. The molecule has 1 aliphatic carbocycles. The summed E-state index contributed by atoms with van der Waals surface area (Å²) in [5, 5.41) is 3.43. The fourth-order valence-corrected chi connectivity index (χ4v) is 2.96. The Morgan fingerprint density at radius 2 is 2.00 bits per heavy atom. The Morgan fingerprint density at radius 1 is 1.24 bits per heavy atom. The summed E-state index contributed by atoms with van der Waals surface area (Å²) in [6.45, 7) is 8.21. The Kier molecular flexibility index (Phi) is 2.93. The molecule has 1 heterocycles. The van der Waals surface area contributed by atoms with Crippen molar-refractivity contribution in [3.05, 3.63) is 35.4 Å². The second kappa shape index (κ2) is 4.43. The molecule has 0 aromatic heterocycles. The van der Waals surface area contributed by atoms with Gasteiger partial charge in [-0.1, -0.05) is 29.8 Å². The van der Waals surface area contributed by atoms with E-state index < -0.39 is 0 Å². The molecule has 2 aliphatic rings. The van der Waals surface area contributed by atoms with E-state index in [-0.39, 0.29) is 0 Å². The van der Waals surface area contributed by atoms with E-state index in [9.17, 15) is 0 Å². The van der Waals surface area contributed by atoms with Crippen molar-refractivity contribution in [1.29, 1.82) is 0 Å². The van der Waals surface area contributed by atoms with E-state index in [4.69, 9.17) is 0 Å². The van der Waals surface area contributed by atoms with Crippen LogP contribution in [0.4, 0.5) is 0 Å². The SMILES string of the molecule is Cc1cccc(C2(CN3CCNCC3)CC2)c1. The molecule has 0 bridgehead atoms. The smallest absolute Gasteiger partial charge is 0.0108 e. The van der Waals surface area contributed by atoms with Crippen molar-refractivity contribution in [2.24, 2.45) is 0 Å². The molecule has 1 aromatic rings. The molecule has 0 amide bonds. The average molecular weight is 230 g/mol. The first-order valence-electron chi connectivity index (χ1n) is 6.79. The van der Waals surface area contributed by atoms with Crippen LogP contribution in [0.15, 0.2) is 24.3 Å². The van der Waals surface area contributed by atoms with E-state index in [1.54, 1.807) is 5.56 Å². The topological polar surface area (TPSA) is 15.3 Å². The van der Waals surface area contributed by atoms with Gasteiger partial charge in [0, 0.05) is 38.1 Å². The molecule has 0 atom stereocenters. The van der Waals surface area contributed by atoms with Crippen molar-refractivity contribution in [2.45, 2.75) is 25.2 Å². The van der Waals surface area contributed by atoms with Crippen LogP contribution in [0.25, 0.3) is 0 Å². The van der Waals surface area contributed by atoms with Crippen LogP contribution < -0.4 is 5.32 Å². The number of hydrogen-bond acceptors (Lipinski definition) is 2. The maximum absolute atomic E-state index is 3.43. The maximum Gasteiger partial charge on any atom is 0.0108 e. The number of benzene rings is 1. The van der Waals surface area contributed by atoms with Gasteiger partial charge < -0.3 is 5.32 Å². The average Bonchev–Trinajstić information content (AvgIpc) is 3.11. The first-order chi connectivity index (χ1) is 8.28. The number of piperazine rings is 1. The lowest BCUT2D eigenvalue weighted by Crippen LogP contribution is -2.46. The molecular weight excluding hydrogens is 208 g/mol. The highest BCUT2D eigenvalue weighted by molar-refractivity contribution is 5.34. The van der Waals surface area contributed by atoms with Crippen LogP contribution in [-0.2, 0) is 5.41 Å². The Hall–Kier alpha value is -0.860. The Morgan fingerprint density at radius 3 is 2.65 bits per heavy atom. The van der Waals surface area contributed by atoms with Crippen molar-refractivity contribution in [3.63, 3.8) is 0 Å². The highest BCUT2D eigenvalue weighted by atomic mass is 15.2. The third kappa shape index (κ3) is 2.38. The number of nitrogens with one attached hydrogen (secondary N) is 1. The van der Waals surface area contributed by atoms with Gasteiger partial charge in [-0.3, -0.25) is 4.90 Å². The van der Waals surface area contributed by atoms with Crippen molar-refractivity contribution in [2.75, 3.05) is 32.7 Å². The standard InChI is InChI=1S/C15H22N2/c1-13-3-2-4-14(11-13)15(5-6-15)12-17-9-7-16-8-10-17/h2-4,11,16H,5-10,12H2,1H3. The van der Waals surface area contributed by atoms with Gasteiger partial charge in [0.05, 0.1) is 0 Å². The molecule has 1 N–H and O–H groups in total. The van der Waals surface area contributed by atoms with Crippen molar-refractivity contribution < 1.29 is 0 Å². The van der Waals surface area contributed by atoms with Crippen molar-refractivity contribution >= 4 is 0 Å². The van der Waals surface area contributed by atoms with Crippen LogP contribution in [0, 0.1) is 6.92 Å². The van der Waals surface area contributed by atoms with Gasteiger partial charge in [0.2, 0.25) is 0 Å². The largest absolute Gasteiger partial charge is 0.314 e. The molecule has 1 aromatic carbocycles. The molecule has 0 spiro atoms. The second-order valence-electron chi connectivity index (χ2n) is 5.68. The van der Waals surface area contributed by atoms with Gasteiger partial charge >= 0.3 is 0 Å². The summed E-state index contributed by atoms with van der Waals surface area (Å²) in [5.74, 6) is 0. The minimum Gasteiger partial charge on any atom is -0.314 e. The van der Waals surface area contributed by atoms with E-state index in [1.807, 2.05) is 0 Å². The molecule has 1 saturated carbocycles. The number of rotatable bonds is 3. The first kappa shape index (κ1) is 11.2. The van der Waals surface area contributed by atoms with E-state index in [0.29, 0.717) is 5.41 Å². The predicted molar refractivity (Wildman–Crippen MR) is 71.4 cm³/mol. The third-order valence-electron chi connectivity index (χ3n) is 4.22. The van der Waals surface area contributed by atoms with Gasteiger partial charge in [-0.25, -0.2) is 0 Å². The lowest BCUT2D eigenvalue weighted by molar-refractivity contribution is 0.221. The zero-order valence-electron chi connectivity index (χ0n) is 10.7. The Balaban J connectivity index is 1.73. The maximum atomic E-state index is 3.43. The van der Waals surface area contributed by atoms with E-state index >= 15 is 0 Å². The number of hydrogen-bond donors (Lipinski definition) is 1. The number of aryl methyl sites for hydroxylation is 1. The van der Waals surface area contributed by atoms with E-state index in [0.717, 1.165) is 13.1 Å². The fraction of sp³-hybridized carbons (Fsp3) is 0.600. The summed E-state index contributed by atoms with van der Waals surface area (Å²) in [6.07, 6.45) is 2.75. The van der Waals surface area contributed by atoms with E-state index in [2.05, 4.69) is 41.4 Å². The lowest BCUT2D eigenvalue weighted by atomic mass is 9.93. The Bertz CT molecular complexity index is 390. The molecule has 2 fully saturated rings. The van der Waals surface area contributed by atoms with Crippen LogP contribution in [0.5, 0.6) is 0 Å². The summed E-state index contributed by atoms with van der Waals surface area (Å²) in [6, 6.07) is 9.12. The quantitative estimate of drug-likeness (QED) is 0.853. The van der Waals surface area contributed by atoms with Gasteiger partial charge in [-0.2, -0.15) is 0 Å². The van der Waals surface area contributed by atoms with Gasteiger partial charge in [0.1, 0.15) is 0 Å². The minimum absolute atomic E-state index is 0.489. The van der Waals surface area contributed by atoms with Crippen LogP contribution in [-0.4, -0.2) is 37.6 Å². The highest BCUT2D eigenvalue weighted by Gasteiger charge is 2.45. The zero-order chi connectivity index (χ0) is 11.7. The molecular formula is C15H22N2. The molecule has 92 valence electrons. The molecule has 17 heavy (non-hydrogen) atoms.